The van der Waals surface area contributed by atoms with Crippen LogP contribution in [0.4, 0.5) is 13.2 Å². The summed E-state index contributed by atoms with van der Waals surface area (Å²) in [6, 6.07) is 14.1. The van der Waals surface area contributed by atoms with E-state index < -0.39 is 29.3 Å². The second-order valence-electron chi connectivity index (χ2n) is 5.92. The molecule has 2 atom stereocenters. The van der Waals surface area contributed by atoms with E-state index in [1.807, 2.05) is 31.2 Å². The molecule has 144 valence electrons. The summed E-state index contributed by atoms with van der Waals surface area (Å²) in [7, 11) is 0. The minimum absolute atomic E-state index is 0.380. The molecule has 0 aliphatic carbocycles. The van der Waals surface area contributed by atoms with Gasteiger partial charge in [0, 0.05) is 5.75 Å². The van der Waals surface area contributed by atoms with Crippen LogP contribution in [-0.2, 0) is 15.3 Å². The molecule has 0 unspecified atom stereocenters. The Morgan fingerprint density at radius 3 is 2.19 bits per heavy atom. The predicted molar refractivity (Wildman–Crippen MR) is 97.3 cm³/mol. The van der Waals surface area contributed by atoms with Crippen molar-refractivity contribution < 1.29 is 27.9 Å². The van der Waals surface area contributed by atoms with Crippen molar-refractivity contribution in [2.45, 2.75) is 30.1 Å². The van der Waals surface area contributed by atoms with Gasteiger partial charge in [-0.25, -0.2) is 4.79 Å². The quantitative estimate of drug-likeness (QED) is 0.738. The fourth-order valence-electron chi connectivity index (χ4n) is 2.39. The Bertz CT molecular complexity index is 779. The van der Waals surface area contributed by atoms with Crippen LogP contribution in [0.15, 0.2) is 54.6 Å². The number of hydrogen-bond donors (Lipinski definition) is 2. The molecule has 0 aromatic heterocycles. The zero-order valence-corrected chi connectivity index (χ0v) is 15.2. The van der Waals surface area contributed by atoms with Crippen molar-refractivity contribution in [3.63, 3.8) is 0 Å². The molecule has 0 spiro atoms. The molecule has 2 aromatic rings. The molecule has 4 nitrogen and oxygen atoms in total. The molecular weight excluding hydrogens is 379 g/mol. The van der Waals surface area contributed by atoms with Gasteiger partial charge >= 0.3 is 18.1 Å². The van der Waals surface area contributed by atoms with Crippen molar-refractivity contribution in [1.29, 1.82) is 0 Å². The molecule has 2 N–H and O–H groups in total. The molecule has 0 aliphatic rings. The molecule has 2 aromatic carbocycles. The zero-order chi connectivity index (χ0) is 20.0. The third-order valence-corrected chi connectivity index (χ3v) is 5.19. The number of carbonyl (C=O) groups is 2. The van der Waals surface area contributed by atoms with E-state index in [4.69, 9.17) is 0 Å². The molecule has 0 saturated carbocycles. The second kappa shape index (κ2) is 8.94. The smallest absolute Gasteiger partial charge is 0.471 e. The first-order chi connectivity index (χ1) is 12.7. The fourth-order valence-corrected chi connectivity index (χ4v) is 3.68. The van der Waals surface area contributed by atoms with Crippen molar-refractivity contribution in [1.82, 2.24) is 5.32 Å². The van der Waals surface area contributed by atoms with Gasteiger partial charge in [0.1, 0.15) is 6.04 Å². The number of hydrogen-bond acceptors (Lipinski definition) is 3. The van der Waals surface area contributed by atoms with E-state index in [9.17, 15) is 27.9 Å². The van der Waals surface area contributed by atoms with Gasteiger partial charge in [0.05, 0.1) is 5.25 Å². The number of alkyl halides is 3. The minimum Gasteiger partial charge on any atom is -0.480 e. The molecule has 27 heavy (non-hydrogen) atoms. The molecule has 0 radical (unpaired) electrons. The van der Waals surface area contributed by atoms with Gasteiger partial charge in [-0.1, -0.05) is 60.2 Å². The van der Waals surface area contributed by atoms with Gasteiger partial charge in [-0.15, -0.1) is 11.8 Å². The summed E-state index contributed by atoms with van der Waals surface area (Å²) < 4.78 is 37.8. The van der Waals surface area contributed by atoms with Gasteiger partial charge in [-0.05, 0) is 18.1 Å². The zero-order valence-electron chi connectivity index (χ0n) is 14.4. The van der Waals surface area contributed by atoms with Crippen LogP contribution >= 0.6 is 11.8 Å². The van der Waals surface area contributed by atoms with E-state index in [1.165, 1.54) is 0 Å². The van der Waals surface area contributed by atoms with Crippen LogP contribution in [0.3, 0.4) is 0 Å². The molecule has 0 saturated heterocycles. The average molecular weight is 397 g/mol. The highest BCUT2D eigenvalue weighted by Gasteiger charge is 2.43. The molecule has 8 heteroatoms. The Morgan fingerprint density at radius 2 is 1.67 bits per heavy atom. The van der Waals surface area contributed by atoms with Crippen LogP contribution in [0.25, 0.3) is 0 Å². The predicted octanol–water partition coefficient (Wildman–Crippen LogP) is 4.10. The first kappa shape index (κ1) is 20.8. The number of carbonyl (C=O) groups excluding carboxylic acids is 1. The van der Waals surface area contributed by atoms with E-state index >= 15 is 0 Å². The summed E-state index contributed by atoms with van der Waals surface area (Å²) >= 11 is 1.16. The number of halogens is 3. The van der Waals surface area contributed by atoms with Crippen molar-refractivity contribution in [3.05, 3.63) is 71.3 Å². The van der Waals surface area contributed by atoms with Gasteiger partial charge in [-0.2, -0.15) is 13.2 Å². The van der Waals surface area contributed by atoms with Crippen LogP contribution in [0.5, 0.6) is 0 Å². The number of aliphatic carboxylic acids is 1. The minimum atomic E-state index is -5.16. The van der Waals surface area contributed by atoms with Gasteiger partial charge in [0.25, 0.3) is 0 Å². The average Bonchev–Trinajstić information content (AvgIpc) is 2.62. The Balaban J connectivity index is 2.27. The monoisotopic (exact) mass is 397 g/mol. The lowest BCUT2D eigenvalue weighted by Crippen LogP contribution is -2.49. The summed E-state index contributed by atoms with van der Waals surface area (Å²) in [5, 5.41) is 10.2. The second-order valence-corrected chi connectivity index (χ2v) is 7.04. The molecule has 0 aliphatic heterocycles. The summed E-state index contributed by atoms with van der Waals surface area (Å²) in [6.07, 6.45) is -5.16. The molecular formula is C19H18F3NO3S. The summed E-state index contributed by atoms with van der Waals surface area (Å²) in [5.74, 6) is -3.42. The van der Waals surface area contributed by atoms with Crippen molar-refractivity contribution in [2.24, 2.45) is 0 Å². The summed E-state index contributed by atoms with van der Waals surface area (Å²) in [4.78, 5) is 23.0. The number of benzene rings is 2. The van der Waals surface area contributed by atoms with Crippen LogP contribution in [-0.4, -0.2) is 29.2 Å². The fraction of sp³-hybridized carbons (Fsp3) is 0.263. The largest absolute Gasteiger partial charge is 0.480 e. The van der Waals surface area contributed by atoms with Crippen LogP contribution < -0.4 is 5.32 Å². The lowest BCUT2D eigenvalue weighted by Gasteiger charge is -2.25. The van der Waals surface area contributed by atoms with Gasteiger partial charge < -0.3 is 10.4 Å². The highest BCUT2D eigenvalue weighted by atomic mass is 32.2. The molecule has 1 amide bonds. The van der Waals surface area contributed by atoms with Crippen molar-refractivity contribution in [2.75, 3.05) is 0 Å². The SMILES string of the molecule is Cc1ccc(CS[C@H](c2ccccc2)[C@H](NC(=O)C(F)(F)F)C(=O)O)cc1. The van der Waals surface area contributed by atoms with Gasteiger partial charge in [-0.3, -0.25) is 4.79 Å². The van der Waals surface area contributed by atoms with Crippen LogP contribution in [0.2, 0.25) is 0 Å². The van der Waals surface area contributed by atoms with Crippen LogP contribution in [0.1, 0.15) is 21.9 Å². The van der Waals surface area contributed by atoms with Crippen molar-refractivity contribution in [3.8, 4) is 0 Å². The van der Waals surface area contributed by atoms with Crippen LogP contribution in [0, 0.1) is 6.92 Å². The van der Waals surface area contributed by atoms with Gasteiger partial charge in [0.2, 0.25) is 0 Å². The number of rotatable bonds is 7. The molecule has 2 rings (SSSR count). The Hall–Kier alpha value is -2.48. The van der Waals surface area contributed by atoms with E-state index in [-0.39, 0.29) is 0 Å². The maximum Gasteiger partial charge on any atom is 0.471 e. The Labute approximate surface area is 158 Å². The first-order valence-electron chi connectivity index (χ1n) is 8.01. The van der Waals surface area contributed by atoms with E-state index in [1.54, 1.807) is 35.6 Å². The van der Waals surface area contributed by atoms with E-state index in [2.05, 4.69) is 0 Å². The number of carboxylic acid groups (broad SMARTS) is 1. The maximum absolute atomic E-state index is 12.6. The lowest BCUT2D eigenvalue weighted by molar-refractivity contribution is -0.175. The number of nitrogens with one attached hydrogen (secondary N) is 1. The number of thioether (sulfide) groups is 1. The topological polar surface area (TPSA) is 66.4 Å². The van der Waals surface area contributed by atoms with Crippen molar-refractivity contribution >= 4 is 23.6 Å². The highest BCUT2D eigenvalue weighted by Crippen LogP contribution is 2.35. The Kier molecular flexibility index (Phi) is 6.90. The number of amides is 1. The summed E-state index contributed by atoms with van der Waals surface area (Å²) in [6.45, 7) is 1.93. The lowest BCUT2D eigenvalue weighted by atomic mass is 10.1. The van der Waals surface area contributed by atoms with E-state index in [0.29, 0.717) is 11.3 Å². The number of aryl methyl sites for hydroxylation is 1. The third-order valence-electron chi connectivity index (χ3n) is 3.79. The standard InChI is InChI=1S/C19H18F3NO3S/c1-12-7-9-13(10-8-12)11-27-16(14-5-3-2-4-6-14)15(17(24)25)23-18(26)19(20,21)22/h2-10,15-16H,11H2,1H3,(H,23,26)(H,24,25)/t15-,16+/m0/s1. The van der Waals surface area contributed by atoms with E-state index in [0.717, 1.165) is 22.9 Å². The third kappa shape index (κ3) is 6.02. The number of carboxylic acids is 1. The Morgan fingerprint density at radius 1 is 1.07 bits per heavy atom. The molecule has 0 heterocycles. The first-order valence-corrected chi connectivity index (χ1v) is 9.06. The highest BCUT2D eigenvalue weighted by molar-refractivity contribution is 7.98. The van der Waals surface area contributed by atoms with Gasteiger partial charge in [0.15, 0.2) is 0 Å². The molecule has 0 fully saturated rings. The maximum atomic E-state index is 12.6. The normalized spacial score (nSPS) is 13.6. The molecule has 0 bridgehead atoms. The summed E-state index contributed by atoms with van der Waals surface area (Å²) in [5.41, 5.74) is 2.48.